The third-order valence-corrected chi connectivity index (χ3v) is 4.35. The molecule has 6 heteroatoms. The fourth-order valence-electron chi connectivity index (χ4n) is 2.75. The fourth-order valence-corrected chi connectivity index (χ4v) is 3.11. The zero-order valence-electron chi connectivity index (χ0n) is 12.8. The lowest BCUT2D eigenvalue weighted by atomic mass is 10.0. The van der Waals surface area contributed by atoms with Crippen molar-refractivity contribution < 1.29 is 0 Å². The van der Waals surface area contributed by atoms with Crippen LogP contribution in [0.5, 0.6) is 0 Å². The average Bonchev–Trinajstić information content (AvgIpc) is 2.54. The van der Waals surface area contributed by atoms with Gasteiger partial charge in [0.05, 0.1) is 11.1 Å². The van der Waals surface area contributed by atoms with Crippen LogP contribution in [0.4, 0.5) is 0 Å². The molecule has 2 heterocycles. The largest absolute Gasteiger partial charge is 0.355 e. The molecule has 0 aliphatic carbocycles. The molecule has 2 aromatic heterocycles. The summed E-state index contributed by atoms with van der Waals surface area (Å²) in [5.74, 6) is 0. The molecular formula is C17H15Cl2N3O. The Morgan fingerprint density at radius 1 is 1.00 bits per heavy atom. The van der Waals surface area contributed by atoms with E-state index < -0.39 is 5.69 Å². The molecule has 0 atom stereocenters. The quantitative estimate of drug-likeness (QED) is 0.526. The van der Waals surface area contributed by atoms with Gasteiger partial charge in [0.15, 0.2) is 5.65 Å². The Bertz CT molecular complexity index is 928. The Kier molecular flexibility index (Phi) is 4.37. The lowest BCUT2D eigenvalue weighted by Crippen LogP contribution is -2.24. The predicted molar refractivity (Wildman–Crippen MR) is 93.9 cm³/mol. The maximum Gasteiger partial charge on any atom is 0.355 e. The van der Waals surface area contributed by atoms with E-state index in [0.717, 1.165) is 29.7 Å². The lowest BCUT2D eigenvalue weighted by Gasteiger charge is -2.17. The Hall–Kier alpha value is -1.91. The maximum atomic E-state index is 12.6. The first-order valence-electron chi connectivity index (χ1n) is 7.42. The fraction of sp³-hybridized carbons (Fsp3) is 0.235. The van der Waals surface area contributed by atoms with Gasteiger partial charge in [-0.3, -0.25) is 0 Å². The van der Waals surface area contributed by atoms with E-state index in [1.165, 1.54) is 4.57 Å². The molecule has 0 saturated carbocycles. The normalized spacial score (nSPS) is 11.1. The number of aromatic nitrogens is 3. The van der Waals surface area contributed by atoms with Crippen LogP contribution in [0.3, 0.4) is 0 Å². The highest BCUT2D eigenvalue weighted by atomic mass is 35.5. The van der Waals surface area contributed by atoms with E-state index in [-0.39, 0.29) is 5.15 Å². The van der Waals surface area contributed by atoms with Gasteiger partial charge >= 0.3 is 5.69 Å². The second kappa shape index (κ2) is 6.30. The molecular weight excluding hydrogens is 333 g/mol. The molecule has 118 valence electrons. The van der Waals surface area contributed by atoms with Crippen molar-refractivity contribution in [2.75, 3.05) is 0 Å². The van der Waals surface area contributed by atoms with E-state index in [1.807, 2.05) is 18.2 Å². The number of halogens is 2. The number of fused-ring (bicyclic) bond motifs is 1. The topological polar surface area (TPSA) is 47.8 Å². The van der Waals surface area contributed by atoms with Gasteiger partial charge in [-0.2, -0.15) is 4.98 Å². The third-order valence-electron chi connectivity index (χ3n) is 3.85. The number of hydrogen-bond donors (Lipinski definition) is 0. The highest BCUT2D eigenvalue weighted by Gasteiger charge is 2.17. The SMILES string of the molecule is CCc1cccc(CC)c1-n1c(=O)nc(Cl)c2ccc(Cl)nc21. The van der Waals surface area contributed by atoms with Gasteiger partial charge in [-0.05, 0) is 36.1 Å². The third kappa shape index (κ3) is 2.73. The first kappa shape index (κ1) is 16.0. The van der Waals surface area contributed by atoms with Crippen LogP contribution >= 0.6 is 23.2 Å². The van der Waals surface area contributed by atoms with Crippen LogP contribution in [-0.2, 0) is 12.8 Å². The van der Waals surface area contributed by atoms with Crippen molar-refractivity contribution in [1.29, 1.82) is 0 Å². The number of rotatable bonds is 3. The summed E-state index contributed by atoms with van der Waals surface area (Å²) < 4.78 is 1.52. The first-order chi connectivity index (χ1) is 11.1. The molecule has 0 spiro atoms. The van der Waals surface area contributed by atoms with Crippen LogP contribution in [0.25, 0.3) is 16.7 Å². The Morgan fingerprint density at radius 2 is 1.65 bits per heavy atom. The molecule has 0 radical (unpaired) electrons. The molecule has 0 saturated heterocycles. The van der Waals surface area contributed by atoms with Crippen molar-refractivity contribution in [2.45, 2.75) is 26.7 Å². The van der Waals surface area contributed by atoms with Crippen molar-refractivity contribution in [1.82, 2.24) is 14.5 Å². The Balaban J connectivity index is 2.51. The van der Waals surface area contributed by atoms with Crippen LogP contribution in [0.15, 0.2) is 35.1 Å². The highest BCUT2D eigenvalue weighted by molar-refractivity contribution is 6.34. The number of benzene rings is 1. The minimum absolute atomic E-state index is 0.137. The summed E-state index contributed by atoms with van der Waals surface area (Å²) >= 11 is 12.2. The number of hydrogen-bond acceptors (Lipinski definition) is 3. The number of aryl methyl sites for hydroxylation is 2. The van der Waals surface area contributed by atoms with Crippen LogP contribution in [-0.4, -0.2) is 14.5 Å². The van der Waals surface area contributed by atoms with Crippen molar-refractivity contribution in [3.8, 4) is 5.69 Å². The molecule has 23 heavy (non-hydrogen) atoms. The van der Waals surface area contributed by atoms with Crippen LogP contribution in [0, 0.1) is 0 Å². The van der Waals surface area contributed by atoms with E-state index in [0.29, 0.717) is 16.2 Å². The zero-order chi connectivity index (χ0) is 16.6. The molecule has 0 bridgehead atoms. The second-order valence-corrected chi connectivity index (χ2v) is 5.90. The van der Waals surface area contributed by atoms with Gasteiger partial charge in [-0.15, -0.1) is 0 Å². The molecule has 0 aliphatic rings. The number of para-hydroxylation sites is 1. The summed E-state index contributed by atoms with van der Waals surface area (Å²) in [7, 11) is 0. The van der Waals surface area contributed by atoms with Gasteiger partial charge < -0.3 is 0 Å². The molecule has 3 aromatic rings. The molecule has 1 aromatic carbocycles. The maximum absolute atomic E-state index is 12.6. The Morgan fingerprint density at radius 3 is 2.26 bits per heavy atom. The van der Waals surface area contributed by atoms with Crippen LogP contribution in [0.1, 0.15) is 25.0 Å². The molecule has 0 N–H and O–H groups in total. The summed E-state index contributed by atoms with van der Waals surface area (Å²) in [5.41, 5.74) is 2.91. The number of pyridine rings is 1. The molecule has 0 aliphatic heterocycles. The Labute approximate surface area is 143 Å². The van der Waals surface area contributed by atoms with Crippen molar-refractivity contribution in [3.63, 3.8) is 0 Å². The summed E-state index contributed by atoms with van der Waals surface area (Å²) in [5, 5.41) is 1.04. The van der Waals surface area contributed by atoms with Gasteiger partial charge in [0.25, 0.3) is 0 Å². The average molecular weight is 348 g/mol. The first-order valence-corrected chi connectivity index (χ1v) is 8.18. The zero-order valence-corrected chi connectivity index (χ0v) is 14.3. The van der Waals surface area contributed by atoms with E-state index in [9.17, 15) is 4.79 Å². The highest BCUT2D eigenvalue weighted by Crippen LogP contribution is 2.26. The predicted octanol–water partition coefficient (Wildman–Crippen LogP) is 4.21. The van der Waals surface area contributed by atoms with Crippen molar-refractivity contribution in [2.24, 2.45) is 0 Å². The molecule has 0 amide bonds. The molecule has 0 fully saturated rings. The second-order valence-electron chi connectivity index (χ2n) is 5.16. The molecule has 3 rings (SSSR count). The summed E-state index contributed by atoms with van der Waals surface area (Å²) in [6.45, 7) is 4.10. The smallest absolute Gasteiger partial charge is 0.245 e. The minimum Gasteiger partial charge on any atom is -0.245 e. The van der Waals surface area contributed by atoms with Crippen LogP contribution in [0.2, 0.25) is 10.3 Å². The van der Waals surface area contributed by atoms with E-state index >= 15 is 0 Å². The van der Waals surface area contributed by atoms with E-state index in [2.05, 4.69) is 23.8 Å². The van der Waals surface area contributed by atoms with Gasteiger partial charge in [0.2, 0.25) is 0 Å². The van der Waals surface area contributed by atoms with Gasteiger partial charge in [0.1, 0.15) is 10.3 Å². The lowest BCUT2D eigenvalue weighted by molar-refractivity contribution is 0.899. The molecule has 0 unspecified atom stereocenters. The summed E-state index contributed by atoms with van der Waals surface area (Å²) in [6, 6.07) is 9.38. The number of nitrogens with zero attached hydrogens (tertiary/aromatic N) is 3. The van der Waals surface area contributed by atoms with Gasteiger partial charge in [-0.25, -0.2) is 14.3 Å². The van der Waals surface area contributed by atoms with Gasteiger partial charge in [-0.1, -0.05) is 55.2 Å². The minimum atomic E-state index is -0.451. The molecule has 4 nitrogen and oxygen atoms in total. The van der Waals surface area contributed by atoms with Crippen molar-refractivity contribution in [3.05, 3.63) is 62.2 Å². The van der Waals surface area contributed by atoms with E-state index in [4.69, 9.17) is 23.2 Å². The summed E-state index contributed by atoms with van der Waals surface area (Å²) in [6.07, 6.45) is 1.58. The summed E-state index contributed by atoms with van der Waals surface area (Å²) in [4.78, 5) is 20.9. The van der Waals surface area contributed by atoms with Gasteiger partial charge in [0, 0.05) is 0 Å². The van der Waals surface area contributed by atoms with Crippen LogP contribution < -0.4 is 5.69 Å². The van der Waals surface area contributed by atoms with Crippen molar-refractivity contribution >= 4 is 34.2 Å². The van der Waals surface area contributed by atoms with E-state index in [1.54, 1.807) is 12.1 Å². The monoisotopic (exact) mass is 347 g/mol. The standard InChI is InChI=1S/C17H15Cl2N3O/c1-3-10-6-5-7-11(4-2)14(10)22-16-12(8-9-13(18)20-16)15(19)21-17(22)23/h5-9H,3-4H2,1-2H3.